The summed E-state index contributed by atoms with van der Waals surface area (Å²) in [6, 6.07) is -4.65. The van der Waals surface area contributed by atoms with E-state index in [4.69, 9.17) is 46.6 Å². The number of amides is 2. The molecule has 2 amide bonds. The van der Waals surface area contributed by atoms with Gasteiger partial charge in [0.1, 0.15) is 97.0 Å². The van der Waals surface area contributed by atoms with Crippen molar-refractivity contribution >= 4 is 23.6 Å². The number of hydrogen-bond donors (Lipinski definition) is 18. The Morgan fingerprint density at radius 2 is 1.42 bits per heavy atom. The minimum absolute atomic E-state index is 0.0101. The molecule has 0 unspecified atom stereocenters. The molecule has 0 bridgehead atoms. The fraction of sp³-hybridized carbons (Fsp3) is 0.950. The molecule has 22 N–H and O–H groups in total. The topological polar surface area (TPSA) is 454 Å². The van der Waals surface area contributed by atoms with Gasteiger partial charge in [0.15, 0.2) is 12.6 Å². The van der Waals surface area contributed by atoms with Gasteiger partial charge < -0.3 is 119 Å². The van der Waals surface area contributed by atoms with Crippen molar-refractivity contribution in [3.8, 4) is 0 Å². The predicted octanol–water partition coefficient (Wildman–Crippen LogP) is -9.28. The molecule has 25 atom stereocenters. The predicted molar refractivity (Wildman–Crippen MR) is 235 cm³/mol. The van der Waals surface area contributed by atoms with E-state index in [1.807, 2.05) is 11.9 Å². The van der Waals surface area contributed by atoms with Gasteiger partial charge in [-0.05, 0) is 58.4 Å². The van der Waals surface area contributed by atoms with Crippen LogP contribution in [0.25, 0.3) is 0 Å². The van der Waals surface area contributed by atoms with E-state index < -0.39 is 152 Å². The van der Waals surface area contributed by atoms with Crippen LogP contribution in [0.5, 0.6) is 0 Å². The van der Waals surface area contributed by atoms with Crippen molar-refractivity contribution in [1.82, 2.24) is 15.5 Å². The number of nitrogens with one attached hydrogen (secondary N) is 2. The molecule has 5 fully saturated rings. The largest absolute Gasteiger partial charge is 0.394 e. The number of hydrogen-bond acceptors (Lipinski definition) is 25. The summed E-state index contributed by atoms with van der Waals surface area (Å²) >= 11 is 1.20. The quantitative estimate of drug-likeness (QED) is 0.0643. The maximum absolute atomic E-state index is 12.8. The van der Waals surface area contributed by atoms with Gasteiger partial charge in [-0.25, -0.2) is 0 Å². The van der Waals surface area contributed by atoms with Gasteiger partial charge in [0, 0.05) is 19.1 Å². The summed E-state index contributed by atoms with van der Waals surface area (Å²) in [7, 11) is 1.91. The van der Waals surface area contributed by atoms with Crippen molar-refractivity contribution in [1.29, 1.82) is 0 Å². The Morgan fingerprint density at radius 3 is 2.00 bits per heavy atom. The number of ether oxygens (including phenoxy) is 5. The molecule has 392 valence electrons. The SMILES string of the molecule is CCC[C@@H]1C[C@@H](C(=O)N[C@@H]([C@H]2O[C@H](SC)[C@H](O)[C@@H](O)[C@H]2O)[C@@H](C)O)N(C)C1.NCC[C@H](O)C(=O)N[C@@H]1C[C@H](N)[C@@H](O[C@H]2O[C@H](CN)[C@@H](O)[C@H](O)[C@H]2O)[C@H](O)[C@H]1O[C@H]1O[C@H](CO)[C@@H](O)[C@H](N)[C@H]1O. The molecule has 0 aromatic heterocycles. The average Bonchev–Trinajstić information content (AvgIpc) is 3.67. The van der Waals surface area contributed by atoms with E-state index in [1.54, 1.807) is 6.26 Å². The molecular formula is C40H77N7O19S. The smallest absolute Gasteiger partial charge is 0.249 e. The van der Waals surface area contributed by atoms with Gasteiger partial charge in [0.2, 0.25) is 11.8 Å². The molecule has 26 nitrogen and oxygen atoms in total. The van der Waals surface area contributed by atoms with Crippen LogP contribution < -0.4 is 33.6 Å². The molecule has 4 saturated heterocycles. The zero-order chi connectivity index (χ0) is 50.2. The fourth-order valence-corrected chi connectivity index (χ4v) is 9.88. The number of nitrogens with zero attached hydrogens (tertiary/aromatic N) is 1. The number of nitrogens with two attached hydrogens (primary N) is 4. The van der Waals surface area contributed by atoms with Crippen LogP contribution in [0.3, 0.4) is 0 Å². The highest BCUT2D eigenvalue weighted by molar-refractivity contribution is 7.99. The first-order chi connectivity index (χ1) is 31.6. The van der Waals surface area contributed by atoms with Crippen LogP contribution in [0.2, 0.25) is 0 Å². The summed E-state index contributed by atoms with van der Waals surface area (Å²) in [5.41, 5.74) is 22.3. The first-order valence-electron chi connectivity index (χ1n) is 22.7. The maximum Gasteiger partial charge on any atom is 0.249 e. The lowest BCUT2D eigenvalue weighted by Crippen LogP contribution is -2.69. The van der Waals surface area contributed by atoms with Gasteiger partial charge in [-0.2, -0.15) is 0 Å². The molecule has 0 aromatic rings. The second kappa shape index (κ2) is 26.2. The summed E-state index contributed by atoms with van der Waals surface area (Å²) in [6.07, 6.45) is -21.3. The Kier molecular flexibility index (Phi) is 22.7. The molecule has 0 aromatic carbocycles. The van der Waals surface area contributed by atoms with Crippen molar-refractivity contribution in [3.05, 3.63) is 0 Å². The monoisotopic (exact) mass is 991 g/mol. The highest BCUT2D eigenvalue weighted by atomic mass is 32.2. The average molecular weight is 992 g/mol. The van der Waals surface area contributed by atoms with Crippen LogP contribution in [0.1, 0.15) is 46.0 Å². The number of aliphatic hydroxyl groups excluding tert-OH is 12. The molecular weight excluding hydrogens is 915 g/mol. The number of aliphatic hydroxyl groups is 12. The summed E-state index contributed by atoms with van der Waals surface area (Å²) in [4.78, 5) is 27.4. The fourth-order valence-electron chi connectivity index (χ4n) is 9.20. The third-order valence-corrected chi connectivity index (χ3v) is 14.0. The van der Waals surface area contributed by atoms with E-state index in [0.717, 1.165) is 25.8 Å². The van der Waals surface area contributed by atoms with Gasteiger partial charge in [-0.1, -0.05) is 13.3 Å². The van der Waals surface area contributed by atoms with Crippen molar-refractivity contribution in [2.45, 2.75) is 192 Å². The van der Waals surface area contributed by atoms with Crippen molar-refractivity contribution < 1.29 is 94.6 Å². The van der Waals surface area contributed by atoms with E-state index in [1.165, 1.54) is 18.7 Å². The third kappa shape index (κ3) is 13.9. The molecule has 4 heterocycles. The van der Waals surface area contributed by atoms with E-state index in [-0.39, 0.29) is 37.9 Å². The Balaban J connectivity index is 0.000000316. The normalized spacial score (nSPS) is 44.2. The van der Waals surface area contributed by atoms with Crippen LogP contribution in [0.4, 0.5) is 0 Å². The molecule has 5 rings (SSSR count). The third-order valence-electron chi connectivity index (χ3n) is 13.2. The standard InChI is InChI=1S/C22H43N5O13.C18H34N2O6S/c23-2-1-8(29)20(36)27-7-3-6(25)18(39-22-16(34)15(33)13(31)9(4-24)37-22)17(35)19(7)40-21-14(32)11(26)12(30)10(5-28)38-21;1-5-6-10-7-11(20(3)8-10)17(25)19-12(9(2)21)16-14(23)13(22)15(24)18(26-16)27-4/h6-19,21-22,28-35H,1-5,23-26H2,(H,27,36);9-16,18,21-24H,5-8H2,1-4H3,(H,19,25)/t6-,7+,8-,9+,10+,11-,12+,13+,14+,15-,16+,17-,18+,19-,21+,22+;9-,10-,11+,12-,13+,14-,15-,16-,18-/m01/s1. The molecule has 67 heavy (non-hydrogen) atoms. The Hall–Kier alpha value is -1.59. The van der Waals surface area contributed by atoms with Crippen LogP contribution in [-0.2, 0) is 33.3 Å². The first-order valence-corrected chi connectivity index (χ1v) is 24.0. The molecule has 1 saturated carbocycles. The van der Waals surface area contributed by atoms with Crippen LogP contribution in [0, 0.1) is 5.92 Å². The summed E-state index contributed by atoms with van der Waals surface area (Å²) in [5, 5.41) is 128. The van der Waals surface area contributed by atoms with Gasteiger partial charge >= 0.3 is 0 Å². The van der Waals surface area contributed by atoms with Crippen LogP contribution in [0.15, 0.2) is 0 Å². The second-order valence-electron chi connectivity index (χ2n) is 18.1. The summed E-state index contributed by atoms with van der Waals surface area (Å²) in [5.74, 6) is -0.601. The highest BCUT2D eigenvalue weighted by Crippen LogP contribution is 2.33. The minimum Gasteiger partial charge on any atom is -0.394 e. The Labute approximate surface area is 393 Å². The number of carbonyl (C=O) groups excluding carboxylic acids is 2. The lowest BCUT2D eigenvalue weighted by Gasteiger charge is -2.49. The molecule has 5 aliphatic rings. The number of rotatable bonds is 17. The van der Waals surface area contributed by atoms with Gasteiger partial charge in [-0.3, -0.25) is 14.5 Å². The number of thioether (sulfide) groups is 1. The zero-order valence-corrected chi connectivity index (χ0v) is 39.0. The Bertz CT molecular complexity index is 1520. The van der Waals surface area contributed by atoms with E-state index in [0.29, 0.717) is 5.92 Å². The molecule has 0 radical (unpaired) electrons. The molecule has 4 aliphatic heterocycles. The van der Waals surface area contributed by atoms with Crippen molar-refractivity contribution in [2.75, 3.05) is 39.5 Å². The maximum atomic E-state index is 12.8. The van der Waals surface area contributed by atoms with Crippen molar-refractivity contribution in [3.63, 3.8) is 0 Å². The summed E-state index contributed by atoms with van der Waals surface area (Å²) in [6.45, 7) is 3.59. The lowest BCUT2D eigenvalue weighted by atomic mass is 9.83. The van der Waals surface area contributed by atoms with Crippen LogP contribution in [-0.4, -0.2) is 263 Å². The zero-order valence-electron chi connectivity index (χ0n) is 38.2. The van der Waals surface area contributed by atoms with Crippen LogP contribution >= 0.6 is 11.8 Å². The van der Waals surface area contributed by atoms with Crippen molar-refractivity contribution in [2.24, 2.45) is 28.9 Å². The van der Waals surface area contributed by atoms with E-state index >= 15 is 0 Å². The summed E-state index contributed by atoms with van der Waals surface area (Å²) < 4.78 is 28.2. The first kappa shape index (κ1) is 58.0. The number of likely N-dealkylation sites (tertiary alicyclic amines) is 1. The molecule has 1 aliphatic carbocycles. The lowest BCUT2D eigenvalue weighted by molar-refractivity contribution is -0.332. The van der Waals surface area contributed by atoms with Gasteiger partial charge in [0.25, 0.3) is 0 Å². The van der Waals surface area contributed by atoms with E-state index in [2.05, 4.69) is 17.6 Å². The number of likely N-dealkylation sites (N-methyl/N-ethyl adjacent to an activating group) is 1. The number of carbonyl (C=O) groups is 2. The molecule has 27 heteroatoms. The van der Waals surface area contributed by atoms with Gasteiger partial charge in [-0.15, -0.1) is 11.8 Å². The van der Waals surface area contributed by atoms with E-state index in [9.17, 15) is 70.9 Å². The minimum atomic E-state index is -1.76. The van der Waals surface area contributed by atoms with Gasteiger partial charge in [0.05, 0.1) is 36.9 Å². The highest BCUT2D eigenvalue weighted by Gasteiger charge is 2.53. The molecule has 0 spiro atoms. The second-order valence-corrected chi connectivity index (χ2v) is 19.1. The Morgan fingerprint density at radius 1 is 0.806 bits per heavy atom.